The van der Waals surface area contributed by atoms with E-state index in [4.69, 9.17) is 9.72 Å². The van der Waals surface area contributed by atoms with Gasteiger partial charge in [0, 0.05) is 30.3 Å². The highest BCUT2D eigenvalue weighted by Gasteiger charge is 2.38. The van der Waals surface area contributed by atoms with Crippen molar-refractivity contribution in [3.05, 3.63) is 127 Å². The molecule has 0 aliphatic carbocycles. The number of rotatable bonds is 8. The third kappa shape index (κ3) is 5.43. The summed E-state index contributed by atoms with van der Waals surface area (Å²) >= 11 is 1.29. The van der Waals surface area contributed by atoms with Crippen LogP contribution in [0.5, 0.6) is 0 Å². The van der Waals surface area contributed by atoms with Crippen molar-refractivity contribution in [1.29, 1.82) is 0 Å². The number of nitrogens with one attached hydrogen (secondary N) is 2. The van der Waals surface area contributed by atoms with Gasteiger partial charge in [-0.2, -0.15) is 0 Å². The fourth-order valence-corrected chi connectivity index (χ4v) is 5.19. The van der Waals surface area contributed by atoms with Crippen LogP contribution in [0.2, 0.25) is 0 Å². The van der Waals surface area contributed by atoms with Gasteiger partial charge >= 0.3 is 5.97 Å². The number of fused-ring (bicyclic) bond motifs is 1. The van der Waals surface area contributed by atoms with Crippen LogP contribution >= 0.6 is 11.8 Å². The maximum Gasteiger partial charge on any atom is 0.337 e. The summed E-state index contributed by atoms with van der Waals surface area (Å²) < 4.78 is 5.44. The summed E-state index contributed by atoms with van der Waals surface area (Å²) in [5.41, 5.74) is 2.90. The monoisotopic (exact) mass is 541 g/mol. The number of anilines is 1. The van der Waals surface area contributed by atoms with E-state index in [1.165, 1.54) is 23.9 Å². The van der Waals surface area contributed by atoms with Crippen LogP contribution in [0.15, 0.2) is 94.6 Å². The lowest BCUT2D eigenvalue weighted by Crippen LogP contribution is -2.31. The molecule has 5 rings (SSSR count). The minimum Gasteiger partial charge on any atom is -0.463 e. The molecule has 1 unspecified atom stereocenters. The van der Waals surface area contributed by atoms with E-state index in [0.29, 0.717) is 33.6 Å². The lowest BCUT2D eigenvalue weighted by molar-refractivity contribution is -0.384. The van der Waals surface area contributed by atoms with Crippen molar-refractivity contribution in [2.75, 3.05) is 11.9 Å². The first-order chi connectivity index (χ1) is 19.0. The van der Waals surface area contributed by atoms with Crippen molar-refractivity contribution < 1.29 is 14.5 Å². The number of thioether (sulfide) groups is 1. The largest absolute Gasteiger partial charge is 0.463 e. The van der Waals surface area contributed by atoms with Crippen LogP contribution in [0.1, 0.15) is 35.1 Å². The van der Waals surface area contributed by atoms with E-state index in [2.05, 4.69) is 15.3 Å². The van der Waals surface area contributed by atoms with Gasteiger partial charge in [0.05, 0.1) is 34.3 Å². The Morgan fingerprint density at radius 1 is 1.10 bits per heavy atom. The molecule has 1 aliphatic rings. The van der Waals surface area contributed by atoms with Gasteiger partial charge in [0.1, 0.15) is 5.82 Å². The normalized spacial score (nSPS) is 14.3. The smallest absolute Gasteiger partial charge is 0.337 e. The number of aromatic nitrogens is 3. The second kappa shape index (κ2) is 11.3. The number of hydrogen-bond donors (Lipinski definition) is 2. The summed E-state index contributed by atoms with van der Waals surface area (Å²) in [6, 6.07) is 19.1. The van der Waals surface area contributed by atoms with Crippen molar-refractivity contribution in [1.82, 2.24) is 15.0 Å². The van der Waals surface area contributed by atoms with E-state index in [1.54, 1.807) is 37.5 Å². The Morgan fingerprint density at radius 2 is 1.87 bits per heavy atom. The molecule has 0 spiro atoms. The quantitative estimate of drug-likeness (QED) is 0.105. The molecule has 0 radical (unpaired) electrons. The second-order valence-corrected chi connectivity index (χ2v) is 9.53. The van der Waals surface area contributed by atoms with Crippen molar-refractivity contribution >= 4 is 34.9 Å². The van der Waals surface area contributed by atoms with E-state index in [-0.39, 0.29) is 17.9 Å². The Hall–Kier alpha value is -4.77. The second-order valence-electron chi connectivity index (χ2n) is 8.57. The van der Waals surface area contributed by atoms with Crippen molar-refractivity contribution in [3.63, 3.8) is 0 Å². The summed E-state index contributed by atoms with van der Waals surface area (Å²) in [7, 11) is 0. The number of non-ortho nitro benzene ring substituents is 1. The molecule has 1 aliphatic heterocycles. The highest BCUT2D eigenvalue weighted by molar-refractivity contribution is 7.98. The molecule has 39 heavy (non-hydrogen) atoms. The first kappa shape index (κ1) is 25.9. The molecule has 0 bridgehead atoms. The number of carbonyl (C=O) groups excluding carboxylic acids is 1. The van der Waals surface area contributed by atoms with Gasteiger partial charge in [-0.05, 0) is 29.7 Å². The van der Waals surface area contributed by atoms with Crippen LogP contribution in [0.25, 0.3) is 5.70 Å². The highest BCUT2D eigenvalue weighted by Crippen LogP contribution is 2.42. The fraction of sp³-hybridized carbons (Fsp3) is 0.143. The van der Waals surface area contributed by atoms with Crippen LogP contribution < -0.4 is 10.9 Å². The number of hydrogen-bond acceptors (Lipinski definition) is 9. The number of carbonyl (C=O) groups is 1. The van der Waals surface area contributed by atoms with Crippen LogP contribution in [0.4, 0.5) is 11.5 Å². The molecule has 11 heteroatoms. The van der Waals surface area contributed by atoms with Gasteiger partial charge in [0.2, 0.25) is 0 Å². The summed E-state index contributed by atoms with van der Waals surface area (Å²) in [5, 5.41) is 14.5. The number of nitro groups is 1. The number of ether oxygens (including phenoxy) is 1. The Labute approximate surface area is 227 Å². The van der Waals surface area contributed by atoms with Crippen molar-refractivity contribution in [2.45, 2.75) is 23.8 Å². The molecule has 2 N–H and O–H groups in total. The molecule has 0 saturated carbocycles. The summed E-state index contributed by atoms with van der Waals surface area (Å²) in [6.07, 6.45) is 3.25. The third-order valence-electron chi connectivity index (χ3n) is 6.12. The molecular weight excluding hydrogens is 518 g/mol. The Morgan fingerprint density at radius 3 is 2.54 bits per heavy atom. The number of aromatic amines is 1. The van der Waals surface area contributed by atoms with E-state index in [0.717, 1.165) is 11.1 Å². The third-order valence-corrected chi connectivity index (χ3v) is 7.07. The predicted octanol–water partition coefficient (Wildman–Crippen LogP) is 4.90. The van der Waals surface area contributed by atoms with Gasteiger partial charge in [-0.15, -0.1) is 0 Å². The molecule has 2 aromatic carbocycles. The van der Waals surface area contributed by atoms with E-state index < -0.39 is 22.4 Å². The zero-order valence-corrected chi connectivity index (χ0v) is 21.6. The lowest BCUT2D eigenvalue weighted by atomic mass is 9.81. The van der Waals surface area contributed by atoms with E-state index >= 15 is 0 Å². The highest BCUT2D eigenvalue weighted by atomic mass is 32.2. The number of pyridine rings is 1. The topological polar surface area (TPSA) is 140 Å². The minimum atomic E-state index is -0.769. The molecule has 196 valence electrons. The zero-order valence-electron chi connectivity index (χ0n) is 20.8. The average Bonchev–Trinajstić information content (AvgIpc) is 2.96. The predicted molar refractivity (Wildman–Crippen MR) is 147 cm³/mol. The van der Waals surface area contributed by atoms with Gasteiger partial charge in [-0.1, -0.05) is 60.3 Å². The van der Waals surface area contributed by atoms with Gasteiger partial charge in [0.15, 0.2) is 5.16 Å². The van der Waals surface area contributed by atoms with Crippen molar-refractivity contribution in [3.8, 4) is 0 Å². The average molecular weight is 542 g/mol. The lowest BCUT2D eigenvalue weighted by Gasteiger charge is -2.30. The van der Waals surface area contributed by atoms with E-state index in [9.17, 15) is 19.7 Å². The van der Waals surface area contributed by atoms with Gasteiger partial charge < -0.3 is 15.0 Å². The summed E-state index contributed by atoms with van der Waals surface area (Å²) in [6.45, 7) is 1.90. The number of nitro benzene ring substituents is 1. The van der Waals surface area contributed by atoms with Crippen LogP contribution in [0, 0.1) is 10.1 Å². The summed E-state index contributed by atoms with van der Waals surface area (Å²) in [4.78, 5) is 49.2. The molecule has 3 heterocycles. The molecule has 1 atom stereocenters. The maximum atomic E-state index is 13.5. The molecule has 4 aromatic rings. The molecular formula is C28H23N5O5S. The Kier molecular flexibility index (Phi) is 7.50. The molecule has 0 saturated heterocycles. The summed E-state index contributed by atoms with van der Waals surface area (Å²) in [5.74, 6) is -0.555. The SMILES string of the molecule is CCOC(=O)C1=C(c2ccccc2)Nc2nc(SCc3ccc([N+](=O)[O-])cc3)[nH]c(=O)c2C1c1cccnc1. The van der Waals surface area contributed by atoms with Crippen LogP contribution in [-0.4, -0.2) is 32.5 Å². The number of nitrogens with zero attached hydrogens (tertiary/aromatic N) is 3. The van der Waals surface area contributed by atoms with Crippen LogP contribution in [0.3, 0.4) is 0 Å². The van der Waals surface area contributed by atoms with Gasteiger partial charge in [0.25, 0.3) is 11.2 Å². The molecule has 2 aromatic heterocycles. The number of benzene rings is 2. The van der Waals surface area contributed by atoms with Gasteiger partial charge in [-0.25, -0.2) is 9.78 Å². The zero-order chi connectivity index (χ0) is 27.4. The first-order valence-electron chi connectivity index (χ1n) is 12.1. The molecule has 10 nitrogen and oxygen atoms in total. The van der Waals surface area contributed by atoms with Gasteiger partial charge in [-0.3, -0.25) is 19.9 Å². The number of esters is 1. The molecule has 0 amide bonds. The maximum absolute atomic E-state index is 13.5. The molecule has 0 fully saturated rings. The number of H-pyrrole nitrogens is 1. The first-order valence-corrected chi connectivity index (χ1v) is 13.1. The Balaban J connectivity index is 1.59. The van der Waals surface area contributed by atoms with Crippen LogP contribution in [-0.2, 0) is 15.3 Å². The Bertz CT molecular complexity index is 1610. The van der Waals surface area contributed by atoms with E-state index in [1.807, 2.05) is 36.4 Å². The van der Waals surface area contributed by atoms with Crippen molar-refractivity contribution in [2.24, 2.45) is 0 Å². The standard InChI is InChI=1S/C28H23N5O5S/c1-2-38-27(35)22-21(19-9-6-14-29-15-19)23-25(30-24(22)18-7-4-3-5-8-18)31-28(32-26(23)34)39-16-17-10-12-20(13-11-17)33(36)37/h3-15,21H,2,16H2,1H3,(H2,30,31,32,34). The fourth-order valence-electron chi connectivity index (χ4n) is 4.37. The minimum absolute atomic E-state index is 0.00680.